The number of aromatic hydroxyl groups is 1. The molecule has 0 aliphatic rings. The second-order valence-electron chi connectivity index (χ2n) is 2.59. The Morgan fingerprint density at radius 3 is 2.00 bits per heavy atom. The summed E-state index contributed by atoms with van der Waals surface area (Å²) in [6.07, 6.45) is 0.569. The van der Waals surface area contributed by atoms with E-state index in [0.29, 0.717) is 12.2 Å². The van der Waals surface area contributed by atoms with Gasteiger partial charge in [0.2, 0.25) is 0 Å². The zero-order chi connectivity index (χ0) is 11.7. The first-order chi connectivity index (χ1) is 6.95. The van der Waals surface area contributed by atoms with Crippen molar-refractivity contribution in [2.75, 3.05) is 6.61 Å². The Hall–Kier alpha value is -1.11. The van der Waals surface area contributed by atoms with Gasteiger partial charge in [-0.1, -0.05) is 25.1 Å². The summed E-state index contributed by atoms with van der Waals surface area (Å²) in [5.41, 5.74) is 0. The van der Waals surface area contributed by atoms with E-state index in [0.717, 1.165) is 0 Å². The van der Waals surface area contributed by atoms with E-state index in [1.54, 1.807) is 31.2 Å². The van der Waals surface area contributed by atoms with Crippen LogP contribution in [0.5, 0.6) is 5.75 Å². The third-order valence-electron chi connectivity index (χ3n) is 1.19. The maximum Gasteiger partial charge on any atom is 0.397 e. The molecule has 0 atom stereocenters. The van der Waals surface area contributed by atoms with Gasteiger partial charge in [0.05, 0.1) is 6.61 Å². The SMILES string of the molecule is CCCOS(=O)(=O)O.Oc1ccccc1. The van der Waals surface area contributed by atoms with Crippen molar-refractivity contribution in [3.63, 3.8) is 0 Å². The van der Waals surface area contributed by atoms with Crippen molar-refractivity contribution in [1.82, 2.24) is 0 Å². The molecule has 15 heavy (non-hydrogen) atoms. The maximum atomic E-state index is 9.72. The third-order valence-corrected chi connectivity index (χ3v) is 1.66. The molecular weight excluding hydrogens is 220 g/mol. The van der Waals surface area contributed by atoms with Crippen LogP contribution in [0, 0.1) is 0 Å². The summed E-state index contributed by atoms with van der Waals surface area (Å²) >= 11 is 0. The van der Waals surface area contributed by atoms with Crippen LogP contribution in [0.15, 0.2) is 30.3 Å². The Bertz CT molecular complexity index is 346. The molecule has 1 aromatic rings. The standard InChI is InChI=1S/C6H6O.C3H8O4S/c7-6-4-2-1-3-5-6;1-2-3-7-8(4,5)6/h1-5,7H;2-3H2,1H3,(H,4,5,6). The average molecular weight is 234 g/mol. The maximum absolute atomic E-state index is 9.72. The second kappa shape index (κ2) is 7.22. The van der Waals surface area contributed by atoms with Crippen molar-refractivity contribution in [1.29, 1.82) is 0 Å². The first-order valence-corrected chi connectivity index (χ1v) is 5.68. The molecular formula is C9H14O5S. The molecule has 0 bridgehead atoms. The number of hydrogen-bond acceptors (Lipinski definition) is 4. The predicted molar refractivity (Wildman–Crippen MR) is 55.9 cm³/mol. The van der Waals surface area contributed by atoms with Gasteiger partial charge in [-0.15, -0.1) is 0 Å². The van der Waals surface area contributed by atoms with E-state index in [1.807, 2.05) is 6.07 Å². The van der Waals surface area contributed by atoms with Crippen molar-refractivity contribution >= 4 is 10.4 Å². The van der Waals surface area contributed by atoms with Crippen LogP contribution in [0.1, 0.15) is 13.3 Å². The van der Waals surface area contributed by atoms with Gasteiger partial charge >= 0.3 is 10.4 Å². The number of phenolic OH excluding ortho intramolecular Hbond substituents is 1. The Labute approximate surface area is 89.3 Å². The van der Waals surface area contributed by atoms with Crippen molar-refractivity contribution in [3.05, 3.63) is 30.3 Å². The van der Waals surface area contributed by atoms with Crippen molar-refractivity contribution < 1.29 is 22.3 Å². The van der Waals surface area contributed by atoms with E-state index < -0.39 is 10.4 Å². The molecule has 0 radical (unpaired) electrons. The monoisotopic (exact) mass is 234 g/mol. The molecule has 2 N–H and O–H groups in total. The van der Waals surface area contributed by atoms with E-state index in [4.69, 9.17) is 9.66 Å². The van der Waals surface area contributed by atoms with E-state index in [9.17, 15) is 8.42 Å². The third kappa shape index (κ3) is 10.8. The molecule has 5 nitrogen and oxygen atoms in total. The van der Waals surface area contributed by atoms with E-state index in [2.05, 4.69) is 4.18 Å². The minimum atomic E-state index is -4.19. The predicted octanol–water partition coefficient (Wildman–Crippen LogP) is 1.61. The van der Waals surface area contributed by atoms with Gasteiger partial charge in [0, 0.05) is 0 Å². The summed E-state index contributed by atoms with van der Waals surface area (Å²) in [6.45, 7) is 1.78. The Morgan fingerprint density at radius 2 is 1.80 bits per heavy atom. The summed E-state index contributed by atoms with van der Waals surface area (Å²) < 4.78 is 31.3. The Balaban J connectivity index is 0.000000262. The fraction of sp³-hybridized carbons (Fsp3) is 0.333. The van der Waals surface area contributed by atoms with Gasteiger partial charge in [-0.25, -0.2) is 4.18 Å². The van der Waals surface area contributed by atoms with Crippen molar-refractivity contribution in [3.8, 4) is 5.75 Å². The van der Waals surface area contributed by atoms with Gasteiger partial charge < -0.3 is 5.11 Å². The first kappa shape index (κ1) is 13.9. The van der Waals surface area contributed by atoms with E-state index in [1.165, 1.54) is 0 Å². The van der Waals surface area contributed by atoms with Gasteiger partial charge in [-0.3, -0.25) is 4.55 Å². The van der Waals surface area contributed by atoms with Crippen LogP contribution in [0.2, 0.25) is 0 Å². The van der Waals surface area contributed by atoms with E-state index >= 15 is 0 Å². The van der Waals surface area contributed by atoms with Crippen LogP contribution in [-0.4, -0.2) is 24.7 Å². The molecule has 86 valence electrons. The topological polar surface area (TPSA) is 83.8 Å². The number of phenols is 1. The molecule has 0 spiro atoms. The van der Waals surface area contributed by atoms with Gasteiger partial charge in [0.15, 0.2) is 0 Å². The second-order valence-corrected chi connectivity index (χ2v) is 3.68. The summed E-state index contributed by atoms with van der Waals surface area (Å²) in [7, 11) is -4.19. The zero-order valence-electron chi connectivity index (χ0n) is 8.33. The van der Waals surface area contributed by atoms with Gasteiger partial charge in [-0.05, 0) is 18.6 Å². The lowest BCUT2D eigenvalue weighted by Gasteiger charge is -1.92. The highest BCUT2D eigenvalue weighted by Crippen LogP contribution is 2.02. The summed E-state index contributed by atoms with van der Waals surface area (Å²) in [5, 5.41) is 8.63. The number of benzene rings is 1. The van der Waals surface area contributed by atoms with Crippen LogP contribution >= 0.6 is 0 Å². The number of rotatable bonds is 3. The molecule has 0 aliphatic carbocycles. The molecule has 0 heterocycles. The largest absolute Gasteiger partial charge is 0.508 e. The fourth-order valence-corrected chi connectivity index (χ4v) is 0.994. The van der Waals surface area contributed by atoms with E-state index in [-0.39, 0.29) is 6.61 Å². The molecule has 1 rings (SSSR count). The smallest absolute Gasteiger partial charge is 0.397 e. The first-order valence-electron chi connectivity index (χ1n) is 4.31. The fourth-order valence-electron chi connectivity index (χ4n) is 0.617. The average Bonchev–Trinajstić information content (AvgIpc) is 2.16. The highest BCUT2D eigenvalue weighted by molar-refractivity contribution is 7.80. The highest BCUT2D eigenvalue weighted by Gasteiger charge is 1.99. The lowest BCUT2D eigenvalue weighted by molar-refractivity contribution is 0.269. The van der Waals surface area contributed by atoms with Crippen LogP contribution in [0.4, 0.5) is 0 Å². The van der Waals surface area contributed by atoms with Gasteiger partial charge in [0.1, 0.15) is 5.75 Å². The lowest BCUT2D eigenvalue weighted by atomic mass is 10.3. The van der Waals surface area contributed by atoms with Crippen molar-refractivity contribution in [2.24, 2.45) is 0 Å². The quantitative estimate of drug-likeness (QED) is 0.776. The van der Waals surface area contributed by atoms with Crippen LogP contribution in [0.25, 0.3) is 0 Å². The van der Waals surface area contributed by atoms with Gasteiger partial charge in [0.25, 0.3) is 0 Å². The molecule has 0 saturated carbocycles. The molecule has 1 aromatic carbocycles. The van der Waals surface area contributed by atoms with Gasteiger partial charge in [-0.2, -0.15) is 8.42 Å². The molecule has 0 unspecified atom stereocenters. The Morgan fingerprint density at radius 1 is 1.27 bits per heavy atom. The highest BCUT2D eigenvalue weighted by atomic mass is 32.3. The number of hydrogen-bond donors (Lipinski definition) is 2. The normalized spacial score (nSPS) is 10.3. The molecule has 0 aromatic heterocycles. The molecule has 0 fully saturated rings. The van der Waals surface area contributed by atoms with Crippen molar-refractivity contribution in [2.45, 2.75) is 13.3 Å². The summed E-state index contributed by atoms with van der Waals surface area (Å²) in [5.74, 6) is 0.322. The van der Waals surface area contributed by atoms with Crippen LogP contribution < -0.4 is 0 Å². The minimum absolute atomic E-state index is 0.0405. The van der Waals surface area contributed by atoms with Crippen LogP contribution in [-0.2, 0) is 14.6 Å². The lowest BCUT2D eigenvalue weighted by Crippen LogP contribution is -2.03. The van der Waals surface area contributed by atoms with Crippen LogP contribution in [0.3, 0.4) is 0 Å². The Kier molecular flexibility index (Phi) is 6.68. The zero-order valence-corrected chi connectivity index (χ0v) is 9.14. The summed E-state index contributed by atoms with van der Waals surface area (Å²) in [4.78, 5) is 0. The molecule has 0 amide bonds. The minimum Gasteiger partial charge on any atom is -0.508 e. The molecule has 6 heteroatoms. The summed E-state index contributed by atoms with van der Waals surface area (Å²) in [6, 6.07) is 8.71. The molecule has 0 aliphatic heterocycles. The molecule has 0 saturated heterocycles. The number of para-hydroxylation sites is 1.